The summed E-state index contributed by atoms with van der Waals surface area (Å²) in [5, 5.41) is 10.2. The zero-order valence-electron chi connectivity index (χ0n) is 18.4. The molecule has 0 bridgehead atoms. The molecule has 4 rings (SSSR count). The van der Waals surface area contributed by atoms with Crippen molar-refractivity contribution in [2.24, 2.45) is 5.92 Å². The van der Waals surface area contributed by atoms with Crippen molar-refractivity contribution in [1.29, 1.82) is 0 Å². The quantitative estimate of drug-likeness (QED) is 0.656. The lowest BCUT2D eigenvalue weighted by molar-refractivity contribution is 0.0694. The van der Waals surface area contributed by atoms with Crippen LogP contribution in [0.15, 0.2) is 29.2 Å². The van der Waals surface area contributed by atoms with Crippen LogP contribution in [0.4, 0.5) is 5.82 Å². The standard InChI is InChI=1S/C22H31N5O3S/c1-22(2,3)16-4-6-17(7-5-16)31(29,30)26-20-18-10-13-27(21(28)19(18)24-25-20)14-15-8-11-23-12-9-15/h4-7,15,23H,8-14H2,1-3H3,(H2,24,25,26). The van der Waals surface area contributed by atoms with Crippen molar-refractivity contribution in [1.82, 2.24) is 20.4 Å². The fourth-order valence-electron chi connectivity index (χ4n) is 4.25. The highest BCUT2D eigenvalue weighted by Gasteiger charge is 2.32. The first kappa shape index (κ1) is 21.8. The van der Waals surface area contributed by atoms with Gasteiger partial charge < -0.3 is 10.2 Å². The number of sulfonamides is 1. The topological polar surface area (TPSA) is 107 Å². The van der Waals surface area contributed by atoms with Gasteiger partial charge in [0.1, 0.15) is 5.69 Å². The number of amides is 1. The van der Waals surface area contributed by atoms with Crippen molar-refractivity contribution in [3.05, 3.63) is 41.1 Å². The van der Waals surface area contributed by atoms with Gasteiger partial charge in [-0.3, -0.25) is 14.6 Å². The van der Waals surface area contributed by atoms with Crippen LogP contribution in [0.5, 0.6) is 0 Å². The van der Waals surface area contributed by atoms with Crippen LogP contribution < -0.4 is 10.0 Å². The third-order valence-corrected chi connectivity index (χ3v) is 7.55. The van der Waals surface area contributed by atoms with Gasteiger partial charge in [-0.1, -0.05) is 32.9 Å². The summed E-state index contributed by atoms with van der Waals surface area (Å²) >= 11 is 0. The molecular formula is C22H31N5O3S. The summed E-state index contributed by atoms with van der Waals surface area (Å²) in [5.74, 6) is 0.612. The number of carbonyl (C=O) groups excluding carboxylic acids is 1. The molecule has 9 heteroatoms. The van der Waals surface area contributed by atoms with Crippen LogP contribution in [-0.4, -0.2) is 55.6 Å². The third-order valence-electron chi connectivity index (χ3n) is 6.20. The molecule has 2 aliphatic heterocycles. The van der Waals surface area contributed by atoms with Crippen molar-refractivity contribution in [3.8, 4) is 0 Å². The fourth-order valence-corrected chi connectivity index (χ4v) is 5.28. The lowest BCUT2D eigenvalue weighted by Gasteiger charge is -2.32. The fraction of sp³-hybridized carbons (Fsp3) is 0.545. The average molecular weight is 446 g/mol. The van der Waals surface area contributed by atoms with E-state index >= 15 is 0 Å². The first-order chi connectivity index (χ1) is 14.6. The van der Waals surface area contributed by atoms with E-state index in [2.05, 4.69) is 41.0 Å². The molecule has 8 nitrogen and oxygen atoms in total. The van der Waals surface area contributed by atoms with E-state index in [1.807, 2.05) is 17.0 Å². The van der Waals surface area contributed by atoms with Gasteiger partial charge in [0, 0.05) is 18.7 Å². The molecular weight excluding hydrogens is 414 g/mol. The van der Waals surface area contributed by atoms with E-state index in [1.165, 1.54) is 0 Å². The smallest absolute Gasteiger partial charge is 0.272 e. The van der Waals surface area contributed by atoms with Crippen LogP contribution in [0.3, 0.4) is 0 Å². The molecule has 0 unspecified atom stereocenters. The second kappa shape index (κ2) is 8.27. The van der Waals surface area contributed by atoms with Gasteiger partial charge in [-0.05, 0) is 61.4 Å². The maximum atomic E-state index is 12.9. The Kier molecular flexibility index (Phi) is 5.83. The number of rotatable bonds is 5. The Balaban J connectivity index is 1.49. The van der Waals surface area contributed by atoms with E-state index in [4.69, 9.17) is 0 Å². The van der Waals surface area contributed by atoms with Gasteiger partial charge in [0.25, 0.3) is 15.9 Å². The second-order valence-electron chi connectivity index (χ2n) is 9.50. The van der Waals surface area contributed by atoms with Crippen molar-refractivity contribution in [3.63, 3.8) is 0 Å². The predicted molar refractivity (Wildman–Crippen MR) is 120 cm³/mol. The number of carbonyl (C=O) groups is 1. The molecule has 0 radical (unpaired) electrons. The van der Waals surface area contributed by atoms with Gasteiger partial charge in [0.15, 0.2) is 5.82 Å². The molecule has 0 atom stereocenters. The number of hydrogen-bond acceptors (Lipinski definition) is 5. The minimum Gasteiger partial charge on any atom is -0.337 e. The van der Waals surface area contributed by atoms with Crippen LogP contribution in [0.2, 0.25) is 0 Å². The molecule has 31 heavy (non-hydrogen) atoms. The molecule has 2 aliphatic rings. The van der Waals surface area contributed by atoms with Crippen molar-refractivity contribution in [2.75, 3.05) is 30.9 Å². The molecule has 2 aromatic rings. The number of fused-ring (bicyclic) bond motifs is 1. The highest BCUT2D eigenvalue weighted by molar-refractivity contribution is 7.92. The van der Waals surface area contributed by atoms with Crippen molar-refractivity contribution < 1.29 is 13.2 Å². The normalized spacial score (nSPS) is 18.2. The first-order valence-electron chi connectivity index (χ1n) is 10.9. The Labute approximate surface area is 183 Å². The molecule has 1 amide bonds. The van der Waals surface area contributed by atoms with Gasteiger partial charge in [-0.2, -0.15) is 5.10 Å². The Morgan fingerprint density at radius 2 is 1.84 bits per heavy atom. The molecule has 1 aromatic heterocycles. The summed E-state index contributed by atoms with van der Waals surface area (Å²) in [6.07, 6.45) is 2.71. The van der Waals surface area contributed by atoms with Crippen LogP contribution in [0.1, 0.15) is 55.2 Å². The maximum absolute atomic E-state index is 12.9. The molecule has 0 spiro atoms. The number of piperidine rings is 1. The van der Waals surface area contributed by atoms with Gasteiger partial charge in [0.2, 0.25) is 0 Å². The molecule has 0 saturated carbocycles. The number of benzene rings is 1. The molecule has 0 aliphatic carbocycles. The summed E-state index contributed by atoms with van der Waals surface area (Å²) in [6.45, 7) is 9.53. The first-order valence-corrected chi connectivity index (χ1v) is 12.3. The van der Waals surface area contributed by atoms with Gasteiger partial charge >= 0.3 is 0 Å². The molecule has 3 heterocycles. The minimum absolute atomic E-state index is 0.0582. The number of aromatic nitrogens is 2. The van der Waals surface area contributed by atoms with Crippen molar-refractivity contribution in [2.45, 2.75) is 50.3 Å². The SMILES string of the molecule is CC(C)(C)c1ccc(S(=O)(=O)Nc2n[nH]c3c2CCN(CC2CCNCC2)C3=O)cc1. The van der Waals surface area contributed by atoms with Gasteiger partial charge in [0.05, 0.1) is 4.90 Å². The van der Waals surface area contributed by atoms with E-state index < -0.39 is 10.0 Å². The highest BCUT2D eigenvalue weighted by atomic mass is 32.2. The van der Waals surface area contributed by atoms with E-state index in [-0.39, 0.29) is 22.0 Å². The number of aromatic amines is 1. The van der Waals surface area contributed by atoms with Crippen LogP contribution in [0, 0.1) is 5.92 Å². The molecule has 168 valence electrons. The maximum Gasteiger partial charge on any atom is 0.272 e. The van der Waals surface area contributed by atoms with Crippen LogP contribution in [0.25, 0.3) is 0 Å². The largest absolute Gasteiger partial charge is 0.337 e. The van der Waals surface area contributed by atoms with E-state index in [0.717, 1.165) is 38.0 Å². The Bertz CT molecular complexity index is 1050. The van der Waals surface area contributed by atoms with Crippen LogP contribution in [-0.2, 0) is 21.9 Å². The number of anilines is 1. The predicted octanol–water partition coefficient (Wildman–Crippen LogP) is 2.51. The molecule has 3 N–H and O–H groups in total. The summed E-state index contributed by atoms with van der Waals surface area (Å²) in [6, 6.07) is 6.87. The summed E-state index contributed by atoms with van der Waals surface area (Å²) in [7, 11) is -3.80. The monoisotopic (exact) mass is 445 g/mol. The average Bonchev–Trinajstić information content (AvgIpc) is 3.13. The van der Waals surface area contributed by atoms with Crippen LogP contribution >= 0.6 is 0 Å². The molecule has 1 aromatic carbocycles. The number of H-pyrrole nitrogens is 1. The van der Waals surface area contributed by atoms with Gasteiger partial charge in [-0.15, -0.1) is 0 Å². The Hall–Kier alpha value is -2.39. The van der Waals surface area contributed by atoms with Gasteiger partial charge in [-0.25, -0.2) is 8.42 Å². The Morgan fingerprint density at radius 3 is 2.48 bits per heavy atom. The van der Waals surface area contributed by atoms with Crippen molar-refractivity contribution >= 4 is 21.7 Å². The third kappa shape index (κ3) is 4.62. The molecule has 1 saturated heterocycles. The summed E-state index contributed by atoms with van der Waals surface area (Å²) < 4.78 is 28.3. The Morgan fingerprint density at radius 1 is 1.16 bits per heavy atom. The second-order valence-corrected chi connectivity index (χ2v) is 11.2. The molecule has 1 fully saturated rings. The lowest BCUT2D eigenvalue weighted by atomic mass is 9.87. The lowest BCUT2D eigenvalue weighted by Crippen LogP contribution is -2.43. The summed E-state index contributed by atoms with van der Waals surface area (Å²) in [5.41, 5.74) is 2.03. The van der Waals surface area contributed by atoms with E-state index in [9.17, 15) is 13.2 Å². The highest BCUT2D eigenvalue weighted by Crippen LogP contribution is 2.28. The summed E-state index contributed by atoms with van der Waals surface area (Å²) in [4.78, 5) is 15.0. The number of nitrogens with one attached hydrogen (secondary N) is 3. The zero-order chi connectivity index (χ0) is 22.2. The minimum atomic E-state index is -3.80. The number of nitrogens with zero attached hydrogens (tertiary/aromatic N) is 2. The van der Waals surface area contributed by atoms with E-state index in [1.54, 1.807) is 12.1 Å². The number of hydrogen-bond donors (Lipinski definition) is 3. The zero-order valence-corrected chi connectivity index (χ0v) is 19.2. The van der Waals surface area contributed by atoms with E-state index in [0.29, 0.717) is 30.1 Å².